The summed E-state index contributed by atoms with van der Waals surface area (Å²) >= 11 is 0. The van der Waals surface area contributed by atoms with E-state index in [4.69, 9.17) is 5.73 Å². The summed E-state index contributed by atoms with van der Waals surface area (Å²) in [6.07, 6.45) is 3.50. The normalized spacial score (nSPS) is 11.4. The number of aryl methyl sites for hydroxylation is 1. The zero-order valence-electron chi connectivity index (χ0n) is 11.7. The van der Waals surface area contributed by atoms with Crippen molar-refractivity contribution in [2.45, 2.75) is 26.7 Å². The van der Waals surface area contributed by atoms with Crippen molar-refractivity contribution in [3.8, 4) is 11.4 Å². The quantitative estimate of drug-likeness (QED) is 0.744. The summed E-state index contributed by atoms with van der Waals surface area (Å²) in [6, 6.07) is 1.88. The largest absolute Gasteiger partial charge is 0.382 e. The Morgan fingerprint density at radius 2 is 2.00 bits per heavy atom. The van der Waals surface area contributed by atoms with Crippen molar-refractivity contribution in [3.05, 3.63) is 29.8 Å². The summed E-state index contributed by atoms with van der Waals surface area (Å²) in [5.74, 6) is 2.14. The van der Waals surface area contributed by atoms with Crippen LogP contribution in [0.1, 0.15) is 31.2 Å². The maximum absolute atomic E-state index is 6.01. The van der Waals surface area contributed by atoms with Gasteiger partial charge in [0.1, 0.15) is 11.3 Å². The lowest BCUT2D eigenvalue weighted by molar-refractivity contribution is 0.798. The molecule has 102 valence electrons. The molecule has 0 spiro atoms. The van der Waals surface area contributed by atoms with Gasteiger partial charge in [-0.2, -0.15) is 0 Å². The predicted molar refractivity (Wildman–Crippen MR) is 78.2 cm³/mol. The summed E-state index contributed by atoms with van der Waals surface area (Å²) in [5, 5.41) is 0. The van der Waals surface area contributed by atoms with Crippen molar-refractivity contribution in [1.29, 1.82) is 0 Å². The number of fused-ring (bicyclic) bond motifs is 1. The summed E-state index contributed by atoms with van der Waals surface area (Å²) in [4.78, 5) is 20.6. The van der Waals surface area contributed by atoms with E-state index < -0.39 is 0 Å². The smallest absolute Gasteiger partial charge is 0.164 e. The van der Waals surface area contributed by atoms with Crippen LogP contribution < -0.4 is 5.73 Å². The van der Waals surface area contributed by atoms with Gasteiger partial charge in [0.05, 0.1) is 0 Å². The number of rotatable bonds is 2. The van der Waals surface area contributed by atoms with Crippen LogP contribution in [-0.4, -0.2) is 24.9 Å². The molecule has 0 radical (unpaired) electrons. The highest BCUT2D eigenvalue weighted by Gasteiger charge is 2.14. The second kappa shape index (κ2) is 4.56. The average molecular weight is 268 g/mol. The Morgan fingerprint density at radius 1 is 1.20 bits per heavy atom. The van der Waals surface area contributed by atoms with E-state index in [-0.39, 0.29) is 5.92 Å². The molecule has 6 nitrogen and oxygen atoms in total. The molecule has 20 heavy (non-hydrogen) atoms. The minimum Gasteiger partial charge on any atom is -0.382 e. The number of H-pyrrole nitrogens is 1. The van der Waals surface area contributed by atoms with E-state index in [0.29, 0.717) is 22.8 Å². The SMILES string of the molecule is Cc1cnccc1-c1nc(N)c2nc(C(C)C)[nH]c2n1. The van der Waals surface area contributed by atoms with E-state index in [1.54, 1.807) is 12.4 Å². The van der Waals surface area contributed by atoms with E-state index in [1.165, 1.54) is 0 Å². The van der Waals surface area contributed by atoms with Crippen molar-refractivity contribution in [2.24, 2.45) is 0 Å². The van der Waals surface area contributed by atoms with E-state index >= 15 is 0 Å². The van der Waals surface area contributed by atoms with E-state index in [1.807, 2.05) is 13.0 Å². The van der Waals surface area contributed by atoms with Crippen LogP contribution in [0.25, 0.3) is 22.6 Å². The van der Waals surface area contributed by atoms with Crippen LogP contribution in [0.3, 0.4) is 0 Å². The first-order valence-corrected chi connectivity index (χ1v) is 6.50. The maximum Gasteiger partial charge on any atom is 0.164 e. The third kappa shape index (κ3) is 1.99. The number of hydrogen-bond acceptors (Lipinski definition) is 5. The van der Waals surface area contributed by atoms with Gasteiger partial charge in [-0.1, -0.05) is 13.8 Å². The number of nitrogens with two attached hydrogens (primary N) is 1. The van der Waals surface area contributed by atoms with Crippen LogP contribution in [0, 0.1) is 6.92 Å². The summed E-state index contributed by atoms with van der Waals surface area (Å²) in [5.41, 5.74) is 9.25. The maximum atomic E-state index is 6.01. The molecule has 0 saturated heterocycles. The fourth-order valence-electron chi connectivity index (χ4n) is 2.06. The summed E-state index contributed by atoms with van der Waals surface area (Å²) in [6.45, 7) is 6.10. The van der Waals surface area contributed by atoms with Gasteiger partial charge in [-0.05, 0) is 18.6 Å². The van der Waals surface area contributed by atoms with Crippen LogP contribution in [0.2, 0.25) is 0 Å². The van der Waals surface area contributed by atoms with Gasteiger partial charge in [0.25, 0.3) is 0 Å². The molecule has 0 aromatic carbocycles. The molecule has 3 N–H and O–H groups in total. The molecular formula is C14H16N6. The molecule has 6 heteroatoms. The Morgan fingerprint density at radius 3 is 2.70 bits per heavy atom. The Hall–Kier alpha value is -2.50. The lowest BCUT2D eigenvalue weighted by Gasteiger charge is -2.04. The molecular weight excluding hydrogens is 252 g/mol. The first-order chi connectivity index (χ1) is 9.56. The van der Waals surface area contributed by atoms with Gasteiger partial charge in [-0.3, -0.25) is 4.98 Å². The molecule has 0 aliphatic carbocycles. The predicted octanol–water partition coefficient (Wildman–Crippen LogP) is 2.43. The zero-order valence-corrected chi connectivity index (χ0v) is 11.7. The van der Waals surface area contributed by atoms with Crippen molar-refractivity contribution >= 4 is 17.0 Å². The molecule has 0 saturated carbocycles. The van der Waals surface area contributed by atoms with Crippen LogP contribution in [0.5, 0.6) is 0 Å². The van der Waals surface area contributed by atoms with Crippen molar-refractivity contribution in [2.75, 3.05) is 5.73 Å². The number of anilines is 1. The van der Waals surface area contributed by atoms with Crippen LogP contribution in [-0.2, 0) is 0 Å². The molecule has 3 aromatic heterocycles. The van der Waals surface area contributed by atoms with Gasteiger partial charge in [0, 0.05) is 23.9 Å². The lowest BCUT2D eigenvalue weighted by atomic mass is 10.1. The number of imidazole rings is 1. The number of pyridine rings is 1. The first-order valence-electron chi connectivity index (χ1n) is 6.50. The Labute approximate surface area is 116 Å². The number of nitrogens with zero attached hydrogens (tertiary/aromatic N) is 4. The Kier molecular flexibility index (Phi) is 2.85. The van der Waals surface area contributed by atoms with Gasteiger partial charge in [-0.15, -0.1) is 0 Å². The molecule has 0 atom stereocenters. The number of nitrogen functional groups attached to an aromatic ring is 1. The van der Waals surface area contributed by atoms with E-state index in [9.17, 15) is 0 Å². The van der Waals surface area contributed by atoms with Crippen LogP contribution in [0.15, 0.2) is 18.5 Å². The number of aromatic nitrogens is 5. The molecule has 3 rings (SSSR count). The number of hydrogen-bond donors (Lipinski definition) is 2. The average Bonchev–Trinajstić information content (AvgIpc) is 2.84. The minimum absolute atomic E-state index is 0.287. The van der Waals surface area contributed by atoms with Crippen molar-refractivity contribution in [1.82, 2.24) is 24.9 Å². The fraction of sp³-hybridized carbons (Fsp3) is 0.286. The van der Waals surface area contributed by atoms with E-state index in [2.05, 4.69) is 38.8 Å². The fourth-order valence-corrected chi connectivity index (χ4v) is 2.06. The molecule has 0 unspecified atom stereocenters. The van der Waals surface area contributed by atoms with Gasteiger partial charge in [-0.25, -0.2) is 15.0 Å². The number of aromatic amines is 1. The lowest BCUT2D eigenvalue weighted by Crippen LogP contribution is -1.98. The van der Waals surface area contributed by atoms with Crippen molar-refractivity contribution in [3.63, 3.8) is 0 Å². The molecule has 0 fully saturated rings. The first kappa shape index (κ1) is 12.5. The Balaban J connectivity index is 2.22. The molecule has 0 aliphatic rings. The summed E-state index contributed by atoms with van der Waals surface area (Å²) in [7, 11) is 0. The topological polar surface area (TPSA) is 93.4 Å². The monoisotopic (exact) mass is 268 g/mol. The molecule has 0 amide bonds. The Bertz CT molecular complexity index is 774. The third-order valence-corrected chi connectivity index (χ3v) is 3.20. The van der Waals surface area contributed by atoms with Crippen LogP contribution in [0.4, 0.5) is 5.82 Å². The number of nitrogens with one attached hydrogen (secondary N) is 1. The molecule has 0 aliphatic heterocycles. The second-order valence-corrected chi connectivity index (χ2v) is 5.10. The second-order valence-electron chi connectivity index (χ2n) is 5.10. The van der Waals surface area contributed by atoms with Gasteiger partial charge >= 0.3 is 0 Å². The van der Waals surface area contributed by atoms with Crippen LogP contribution >= 0.6 is 0 Å². The van der Waals surface area contributed by atoms with Gasteiger partial charge < -0.3 is 10.7 Å². The minimum atomic E-state index is 0.287. The summed E-state index contributed by atoms with van der Waals surface area (Å²) < 4.78 is 0. The molecule has 3 aromatic rings. The standard InChI is InChI=1S/C14H16N6/c1-7(2)12-17-10-11(15)18-13(20-14(10)19-12)9-4-5-16-6-8(9)3/h4-7H,1-3H3,(H3,15,17,18,19,20). The molecule has 0 bridgehead atoms. The zero-order chi connectivity index (χ0) is 14.3. The van der Waals surface area contributed by atoms with E-state index in [0.717, 1.165) is 17.0 Å². The third-order valence-electron chi connectivity index (χ3n) is 3.20. The van der Waals surface area contributed by atoms with Gasteiger partial charge in [0.2, 0.25) is 0 Å². The van der Waals surface area contributed by atoms with Gasteiger partial charge in [0.15, 0.2) is 17.3 Å². The van der Waals surface area contributed by atoms with Crippen molar-refractivity contribution < 1.29 is 0 Å². The molecule has 3 heterocycles. The highest BCUT2D eigenvalue weighted by molar-refractivity contribution is 5.84. The highest BCUT2D eigenvalue weighted by atomic mass is 15.1. The highest BCUT2D eigenvalue weighted by Crippen LogP contribution is 2.24.